The topological polar surface area (TPSA) is 68.3 Å². The van der Waals surface area contributed by atoms with Gasteiger partial charge >= 0.3 is 0 Å². The summed E-state index contributed by atoms with van der Waals surface area (Å²) in [5.74, 6) is 0. The Balaban J connectivity index is 3.54. The minimum atomic E-state index is -3.98. The molecule has 0 radical (unpaired) electrons. The van der Waals surface area contributed by atoms with Gasteiger partial charge in [-0.15, -0.1) is 0 Å². The molecule has 17 heavy (non-hydrogen) atoms. The fourth-order valence-electron chi connectivity index (χ4n) is 1.35. The van der Waals surface area contributed by atoms with Crippen LogP contribution >= 0.6 is 0 Å². The fraction of sp³-hybridized carbons (Fsp3) is 0.0909. The lowest BCUT2D eigenvalue weighted by atomic mass is 10.2. The van der Waals surface area contributed by atoms with Crippen LogP contribution in [-0.2, 0) is 19.7 Å². The predicted octanol–water partition coefficient (Wildman–Crippen LogP) is 1.80. The van der Waals surface area contributed by atoms with E-state index in [0.29, 0.717) is 10.8 Å². The van der Waals surface area contributed by atoms with E-state index in [1.165, 1.54) is 12.1 Å². The van der Waals surface area contributed by atoms with Gasteiger partial charge in [-0.05, 0) is 5.56 Å². The molecular formula is C11H12O4S2. The highest BCUT2D eigenvalue weighted by Gasteiger charge is 2.35. The molecule has 0 spiro atoms. The number of hydrogen-bond donors (Lipinski definition) is 0. The summed E-state index contributed by atoms with van der Waals surface area (Å²) < 4.78 is 45.4. The zero-order valence-electron chi connectivity index (χ0n) is 8.98. The van der Waals surface area contributed by atoms with Crippen LogP contribution in [0.4, 0.5) is 0 Å². The molecule has 6 heteroatoms. The highest BCUT2D eigenvalue weighted by Crippen LogP contribution is 2.30. The molecule has 0 unspecified atom stereocenters. The van der Waals surface area contributed by atoms with Crippen LogP contribution in [0.3, 0.4) is 0 Å². The van der Waals surface area contributed by atoms with Gasteiger partial charge in [0.2, 0.25) is 0 Å². The van der Waals surface area contributed by atoms with Crippen LogP contribution in [0.25, 0.3) is 0 Å². The largest absolute Gasteiger partial charge is 0.223 e. The number of hydrogen-bond acceptors (Lipinski definition) is 4. The molecule has 0 saturated carbocycles. The van der Waals surface area contributed by atoms with Gasteiger partial charge in [0.05, 0.1) is 0 Å². The molecule has 0 bridgehead atoms. The number of sulfone groups is 2. The molecule has 0 aliphatic carbocycles. The molecule has 0 aromatic heterocycles. The Labute approximate surface area is 101 Å². The Hall–Kier alpha value is -1.40. The lowest BCUT2D eigenvalue weighted by Gasteiger charge is -2.13. The second-order valence-electron chi connectivity index (χ2n) is 3.25. The monoisotopic (exact) mass is 272 g/mol. The van der Waals surface area contributed by atoms with E-state index in [0.717, 1.165) is 0 Å². The molecular weight excluding hydrogens is 260 g/mol. The van der Waals surface area contributed by atoms with Crippen molar-refractivity contribution in [2.75, 3.05) is 0 Å². The summed E-state index contributed by atoms with van der Waals surface area (Å²) in [5, 5.41) is 1.29. The maximum Gasteiger partial charge on any atom is 0.195 e. The Kier molecular flexibility index (Phi) is 3.90. The predicted molar refractivity (Wildman–Crippen MR) is 67.4 cm³/mol. The van der Waals surface area contributed by atoms with Gasteiger partial charge in [0.1, 0.15) is 0 Å². The quantitative estimate of drug-likeness (QED) is 0.819. The second-order valence-corrected chi connectivity index (χ2v) is 7.52. The Morgan fingerprint density at radius 3 is 1.65 bits per heavy atom. The molecule has 0 saturated heterocycles. The van der Waals surface area contributed by atoms with E-state index >= 15 is 0 Å². The van der Waals surface area contributed by atoms with Crippen molar-refractivity contribution in [3.05, 3.63) is 59.9 Å². The molecule has 0 heterocycles. The molecule has 0 amide bonds. The fourth-order valence-corrected chi connectivity index (χ4v) is 4.74. The smallest absolute Gasteiger partial charge is 0.195 e. The van der Waals surface area contributed by atoms with Crippen LogP contribution in [0.5, 0.6) is 0 Å². The van der Waals surface area contributed by atoms with Gasteiger partial charge in [-0.25, -0.2) is 16.8 Å². The third-order valence-corrected chi connectivity index (χ3v) is 6.41. The SMILES string of the molecule is C=CS(=O)(=O)C(c1ccccc1)S(=O)(=O)C=C. The van der Waals surface area contributed by atoms with E-state index in [4.69, 9.17) is 0 Å². The van der Waals surface area contributed by atoms with Crippen LogP contribution in [0.15, 0.2) is 54.3 Å². The van der Waals surface area contributed by atoms with Crippen molar-refractivity contribution in [1.29, 1.82) is 0 Å². The molecule has 0 N–H and O–H groups in total. The summed E-state index contributed by atoms with van der Waals surface area (Å²) in [5.41, 5.74) is 0.173. The van der Waals surface area contributed by atoms with E-state index in [1.807, 2.05) is 0 Å². The highest BCUT2D eigenvalue weighted by atomic mass is 32.3. The van der Waals surface area contributed by atoms with E-state index in [9.17, 15) is 16.8 Å². The second kappa shape index (κ2) is 4.85. The van der Waals surface area contributed by atoms with E-state index < -0.39 is 24.3 Å². The first-order valence-electron chi connectivity index (χ1n) is 4.63. The Morgan fingerprint density at radius 2 is 1.29 bits per heavy atom. The Bertz CT molecular complexity index is 575. The van der Waals surface area contributed by atoms with Crippen molar-refractivity contribution in [3.8, 4) is 0 Å². The summed E-state index contributed by atoms with van der Waals surface area (Å²) >= 11 is 0. The maximum absolute atomic E-state index is 11.8. The van der Waals surface area contributed by atoms with Gasteiger partial charge < -0.3 is 0 Å². The van der Waals surface area contributed by atoms with Gasteiger partial charge in [0, 0.05) is 10.8 Å². The third kappa shape index (κ3) is 2.83. The summed E-state index contributed by atoms with van der Waals surface area (Å²) in [7, 11) is -7.96. The van der Waals surface area contributed by atoms with Crippen LogP contribution in [0.2, 0.25) is 0 Å². The molecule has 92 valence electrons. The van der Waals surface area contributed by atoms with Crippen LogP contribution in [-0.4, -0.2) is 16.8 Å². The standard InChI is InChI=1S/C11H12O4S2/c1-3-16(12,13)11(17(14,15)4-2)10-8-6-5-7-9-10/h3-9,11H,1-2H2. The van der Waals surface area contributed by atoms with E-state index in [1.54, 1.807) is 18.2 Å². The summed E-state index contributed by atoms with van der Waals surface area (Å²) in [6, 6.07) is 7.68. The number of benzene rings is 1. The highest BCUT2D eigenvalue weighted by molar-refractivity contribution is 8.11. The molecule has 1 aromatic carbocycles. The minimum Gasteiger partial charge on any atom is -0.223 e. The van der Waals surface area contributed by atoms with E-state index in [2.05, 4.69) is 13.2 Å². The molecule has 1 rings (SSSR count). The molecule has 1 aromatic rings. The van der Waals surface area contributed by atoms with E-state index in [-0.39, 0.29) is 5.56 Å². The van der Waals surface area contributed by atoms with Gasteiger partial charge in [-0.3, -0.25) is 0 Å². The lowest BCUT2D eigenvalue weighted by Crippen LogP contribution is -2.19. The summed E-state index contributed by atoms with van der Waals surface area (Å²) in [6.07, 6.45) is 0. The van der Waals surface area contributed by atoms with Crippen molar-refractivity contribution in [3.63, 3.8) is 0 Å². The maximum atomic E-state index is 11.8. The normalized spacial score (nSPS) is 12.3. The van der Waals surface area contributed by atoms with Gasteiger partial charge in [-0.1, -0.05) is 43.5 Å². The van der Waals surface area contributed by atoms with Crippen LogP contribution in [0.1, 0.15) is 10.1 Å². The van der Waals surface area contributed by atoms with Gasteiger partial charge in [-0.2, -0.15) is 0 Å². The molecule has 0 aliphatic rings. The minimum absolute atomic E-state index is 0.173. The van der Waals surface area contributed by atoms with Crippen molar-refractivity contribution in [2.45, 2.75) is 4.58 Å². The average Bonchev–Trinajstić information content (AvgIpc) is 2.30. The van der Waals surface area contributed by atoms with Crippen LogP contribution in [0, 0.1) is 0 Å². The van der Waals surface area contributed by atoms with Crippen LogP contribution < -0.4 is 0 Å². The molecule has 4 nitrogen and oxygen atoms in total. The molecule has 0 fully saturated rings. The first-order valence-corrected chi connectivity index (χ1v) is 7.84. The number of rotatable bonds is 5. The zero-order valence-corrected chi connectivity index (χ0v) is 10.6. The first-order chi connectivity index (χ1) is 7.85. The van der Waals surface area contributed by atoms with Gasteiger partial charge in [0.25, 0.3) is 0 Å². The zero-order chi connectivity index (χ0) is 13.1. The van der Waals surface area contributed by atoms with Crippen molar-refractivity contribution >= 4 is 19.7 Å². The lowest BCUT2D eigenvalue weighted by molar-refractivity contribution is 0.586. The summed E-state index contributed by atoms with van der Waals surface area (Å²) in [4.78, 5) is 0. The third-order valence-electron chi connectivity index (χ3n) is 2.13. The molecule has 0 aliphatic heterocycles. The van der Waals surface area contributed by atoms with Crippen molar-refractivity contribution in [1.82, 2.24) is 0 Å². The molecule has 0 atom stereocenters. The average molecular weight is 272 g/mol. The first kappa shape index (κ1) is 13.7. The van der Waals surface area contributed by atoms with Crippen molar-refractivity contribution in [2.24, 2.45) is 0 Å². The van der Waals surface area contributed by atoms with Crippen molar-refractivity contribution < 1.29 is 16.8 Å². The van der Waals surface area contributed by atoms with Gasteiger partial charge in [0.15, 0.2) is 24.3 Å². The summed E-state index contributed by atoms with van der Waals surface area (Å²) in [6.45, 7) is 6.28. The Morgan fingerprint density at radius 1 is 0.882 bits per heavy atom.